The molecule has 1 aliphatic heterocycles. The molecule has 0 bridgehead atoms. The van der Waals surface area contributed by atoms with E-state index in [0.717, 1.165) is 45.4 Å². The minimum atomic E-state index is -0.434. The molecule has 0 atom stereocenters. The molecule has 20 heavy (non-hydrogen) atoms. The molecular formula is C16H24F2N2. The van der Waals surface area contributed by atoms with Crippen LogP contribution in [0.5, 0.6) is 0 Å². The fourth-order valence-corrected chi connectivity index (χ4v) is 2.74. The average Bonchev–Trinajstić information content (AvgIpc) is 2.45. The van der Waals surface area contributed by atoms with Crippen LogP contribution in [0.15, 0.2) is 18.2 Å². The van der Waals surface area contributed by atoms with Gasteiger partial charge in [0.05, 0.1) is 0 Å². The van der Waals surface area contributed by atoms with E-state index in [1.54, 1.807) is 0 Å². The Morgan fingerprint density at radius 1 is 1.20 bits per heavy atom. The Hall–Kier alpha value is -1.00. The predicted molar refractivity (Wildman–Crippen MR) is 77.5 cm³/mol. The lowest BCUT2D eigenvalue weighted by atomic mass is 9.96. The molecule has 1 aliphatic rings. The molecule has 2 rings (SSSR count). The number of rotatable bonds is 6. The van der Waals surface area contributed by atoms with Crippen molar-refractivity contribution in [3.63, 3.8) is 0 Å². The van der Waals surface area contributed by atoms with E-state index in [0.29, 0.717) is 12.5 Å². The molecule has 1 N–H and O–H groups in total. The Balaban J connectivity index is 1.80. The van der Waals surface area contributed by atoms with Crippen LogP contribution in [0.2, 0.25) is 0 Å². The highest BCUT2D eigenvalue weighted by Gasteiger charge is 2.20. The molecule has 1 saturated heterocycles. The number of hydrogen-bond acceptors (Lipinski definition) is 2. The van der Waals surface area contributed by atoms with Gasteiger partial charge in [0.15, 0.2) is 0 Å². The fraction of sp³-hybridized carbons (Fsp3) is 0.625. The summed E-state index contributed by atoms with van der Waals surface area (Å²) < 4.78 is 27.2. The van der Waals surface area contributed by atoms with Crippen LogP contribution in [-0.2, 0) is 6.54 Å². The molecule has 0 saturated carbocycles. The third-order valence-corrected chi connectivity index (χ3v) is 4.01. The summed E-state index contributed by atoms with van der Waals surface area (Å²) in [6.45, 7) is 6.53. The maximum Gasteiger partial charge on any atom is 0.130 e. The zero-order chi connectivity index (χ0) is 14.4. The van der Waals surface area contributed by atoms with E-state index in [-0.39, 0.29) is 5.56 Å². The third kappa shape index (κ3) is 4.25. The number of likely N-dealkylation sites (tertiary alicyclic amines) is 1. The van der Waals surface area contributed by atoms with E-state index in [4.69, 9.17) is 0 Å². The minimum absolute atomic E-state index is 0.204. The molecule has 1 fully saturated rings. The smallest absolute Gasteiger partial charge is 0.130 e. The van der Waals surface area contributed by atoms with Crippen LogP contribution in [0.25, 0.3) is 0 Å². The van der Waals surface area contributed by atoms with Crippen LogP contribution in [-0.4, -0.2) is 31.1 Å². The van der Waals surface area contributed by atoms with Crippen LogP contribution in [0, 0.1) is 17.6 Å². The molecule has 1 aromatic carbocycles. The third-order valence-electron chi connectivity index (χ3n) is 4.01. The Bertz CT molecular complexity index is 395. The molecule has 0 unspecified atom stereocenters. The van der Waals surface area contributed by atoms with Crippen LogP contribution >= 0.6 is 0 Å². The lowest BCUT2D eigenvalue weighted by Gasteiger charge is -2.32. The Kier molecular flexibility index (Phi) is 5.92. The van der Waals surface area contributed by atoms with Gasteiger partial charge in [-0.05, 0) is 63.5 Å². The summed E-state index contributed by atoms with van der Waals surface area (Å²) >= 11 is 0. The molecule has 0 aromatic heterocycles. The lowest BCUT2D eigenvalue weighted by Crippen LogP contribution is -2.37. The molecule has 1 aromatic rings. The van der Waals surface area contributed by atoms with E-state index >= 15 is 0 Å². The zero-order valence-electron chi connectivity index (χ0n) is 12.2. The van der Waals surface area contributed by atoms with Crippen LogP contribution < -0.4 is 5.32 Å². The first kappa shape index (κ1) is 15.4. The molecule has 0 spiro atoms. The molecule has 4 heteroatoms. The highest BCUT2D eigenvalue weighted by atomic mass is 19.1. The highest BCUT2D eigenvalue weighted by Crippen LogP contribution is 2.20. The Morgan fingerprint density at radius 3 is 2.45 bits per heavy atom. The van der Waals surface area contributed by atoms with Gasteiger partial charge in [0.2, 0.25) is 0 Å². The van der Waals surface area contributed by atoms with Crippen molar-refractivity contribution < 1.29 is 8.78 Å². The van der Waals surface area contributed by atoms with Crippen molar-refractivity contribution in [3.05, 3.63) is 35.4 Å². The molecule has 0 aliphatic carbocycles. The summed E-state index contributed by atoms with van der Waals surface area (Å²) in [5, 5.41) is 3.45. The summed E-state index contributed by atoms with van der Waals surface area (Å²) in [5.41, 5.74) is 0.204. The molecule has 2 nitrogen and oxygen atoms in total. The van der Waals surface area contributed by atoms with Gasteiger partial charge < -0.3 is 5.32 Å². The first-order valence-electron chi connectivity index (χ1n) is 7.56. The SMILES string of the molecule is CCCNCC1CCN(Cc2c(F)cccc2F)CC1. The number of nitrogens with one attached hydrogen (secondary N) is 1. The first-order chi connectivity index (χ1) is 9.70. The molecule has 0 amide bonds. The number of hydrogen-bond donors (Lipinski definition) is 1. The second-order valence-corrected chi connectivity index (χ2v) is 5.62. The summed E-state index contributed by atoms with van der Waals surface area (Å²) in [5.74, 6) is -0.170. The van der Waals surface area contributed by atoms with Gasteiger partial charge in [-0.15, -0.1) is 0 Å². The van der Waals surface area contributed by atoms with E-state index < -0.39 is 11.6 Å². The topological polar surface area (TPSA) is 15.3 Å². The summed E-state index contributed by atoms with van der Waals surface area (Å²) in [6, 6.07) is 4.08. The van der Waals surface area contributed by atoms with Crippen molar-refractivity contribution in [3.8, 4) is 0 Å². The number of halogens is 2. The average molecular weight is 282 g/mol. The van der Waals surface area contributed by atoms with Crippen molar-refractivity contribution in [2.75, 3.05) is 26.2 Å². The fourth-order valence-electron chi connectivity index (χ4n) is 2.74. The van der Waals surface area contributed by atoms with Gasteiger partial charge in [0.25, 0.3) is 0 Å². The summed E-state index contributed by atoms with van der Waals surface area (Å²) in [4.78, 5) is 2.15. The van der Waals surface area contributed by atoms with Gasteiger partial charge in [-0.1, -0.05) is 13.0 Å². The number of benzene rings is 1. The molecular weight excluding hydrogens is 258 g/mol. The van der Waals surface area contributed by atoms with Crippen molar-refractivity contribution >= 4 is 0 Å². The largest absolute Gasteiger partial charge is 0.316 e. The second-order valence-electron chi connectivity index (χ2n) is 5.62. The summed E-state index contributed by atoms with van der Waals surface area (Å²) in [6.07, 6.45) is 3.37. The monoisotopic (exact) mass is 282 g/mol. The van der Waals surface area contributed by atoms with Crippen molar-refractivity contribution in [2.45, 2.75) is 32.7 Å². The number of piperidine rings is 1. The predicted octanol–water partition coefficient (Wildman–Crippen LogP) is 3.18. The van der Waals surface area contributed by atoms with Gasteiger partial charge in [0.1, 0.15) is 11.6 Å². The van der Waals surface area contributed by atoms with Crippen molar-refractivity contribution in [2.24, 2.45) is 5.92 Å². The number of nitrogens with zero attached hydrogens (tertiary/aromatic N) is 1. The zero-order valence-corrected chi connectivity index (χ0v) is 12.2. The van der Waals surface area contributed by atoms with Gasteiger partial charge in [-0.3, -0.25) is 4.90 Å². The van der Waals surface area contributed by atoms with Gasteiger partial charge >= 0.3 is 0 Å². The normalized spacial score (nSPS) is 17.6. The maximum atomic E-state index is 13.6. The van der Waals surface area contributed by atoms with E-state index in [2.05, 4.69) is 17.1 Å². The van der Waals surface area contributed by atoms with Gasteiger partial charge in [-0.25, -0.2) is 8.78 Å². The quantitative estimate of drug-likeness (QED) is 0.806. The Morgan fingerprint density at radius 2 is 1.85 bits per heavy atom. The van der Waals surface area contributed by atoms with Gasteiger partial charge in [-0.2, -0.15) is 0 Å². The second kappa shape index (κ2) is 7.70. The molecule has 0 radical (unpaired) electrons. The summed E-state index contributed by atoms with van der Waals surface area (Å²) in [7, 11) is 0. The Labute approximate surface area is 120 Å². The van der Waals surface area contributed by atoms with Crippen molar-refractivity contribution in [1.29, 1.82) is 0 Å². The first-order valence-corrected chi connectivity index (χ1v) is 7.56. The standard InChI is InChI=1S/C16H24F2N2/c1-2-8-19-11-13-6-9-20(10-7-13)12-14-15(17)4-3-5-16(14)18/h3-5,13,19H,2,6-12H2,1H3. The molecule has 112 valence electrons. The van der Waals surface area contributed by atoms with Crippen LogP contribution in [0.1, 0.15) is 31.7 Å². The van der Waals surface area contributed by atoms with Crippen LogP contribution in [0.4, 0.5) is 8.78 Å². The minimum Gasteiger partial charge on any atom is -0.316 e. The molecule has 1 heterocycles. The van der Waals surface area contributed by atoms with E-state index in [1.165, 1.54) is 18.2 Å². The van der Waals surface area contributed by atoms with Gasteiger partial charge in [0, 0.05) is 12.1 Å². The van der Waals surface area contributed by atoms with Crippen molar-refractivity contribution in [1.82, 2.24) is 10.2 Å². The maximum absolute atomic E-state index is 13.6. The van der Waals surface area contributed by atoms with Crippen LogP contribution in [0.3, 0.4) is 0 Å². The van der Waals surface area contributed by atoms with E-state index in [9.17, 15) is 8.78 Å². The highest BCUT2D eigenvalue weighted by molar-refractivity contribution is 5.19. The van der Waals surface area contributed by atoms with E-state index in [1.807, 2.05) is 0 Å². The lowest BCUT2D eigenvalue weighted by molar-refractivity contribution is 0.172.